The van der Waals surface area contributed by atoms with Crippen molar-refractivity contribution in [2.45, 2.75) is 19.8 Å². The first kappa shape index (κ1) is 10.6. The lowest BCUT2D eigenvalue weighted by Crippen LogP contribution is -2.11. The molecule has 1 amide bonds. The number of primary amides is 1. The van der Waals surface area contributed by atoms with Crippen molar-refractivity contribution in [3.8, 4) is 0 Å². The third-order valence-corrected chi connectivity index (χ3v) is 2.66. The van der Waals surface area contributed by atoms with E-state index in [1.807, 2.05) is 6.07 Å². The molecule has 16 heavy (non-hydrogen) atoms. The van der Waals surface area contributed by atoms with E-state index in [-0.39, 0.29) is 0 Å². The molecule has 2 N–H and O–H groups in total. The standard InChI is InChI=1S/C13H14N2O/c1-8(2)9-3-4-12-10(5-9)6-11(7-15-12)13(14)16/h3-8H,1-2H3,(H2,14,16). The molecule has 0 aliphatic carbocycles. The van der Waals surface area contributed by atoms with E-state index < -0.39 is 5.91 Å². The van der Waals surface area contributed by atoms with E-state index in [4.69, 9.17) is 5.73 Å². The van der Waals surface area contributed by atoms with Gasteiger partial charge in [0, 0.05) is 11.6 Å². The molecular formula is C13H14N2O. The van der Waals surface area contributed by atoms with Gasteiger partial charge in [-0.05, 0) is 29.7 Å². The number of amides is 1. The van der Waals surface area contributed by atoms with Crippen molar-refractivity contribution < 1.29 is 4.79 Å². The van der Waals surface area contributed by atoms with Crippen LogP contribution in [0.25, 0.3) is 10.9 Å². The molecule has 0 saturated carbocycles. The Balaban J connectivity index is 2.61. The van der Waals surface area contributed by atoms with Gasteiger partial charge in [0.15, 0.2) is 0 Å². The van der Waals surface area contributed by atoms with E-state index in [9.17, 15) is 4.79 Å². The van der Waals surface area contributed by atoms with Crippen LogP contribution in [0.2, 0.25) is 0 Å². The van der Waals surface area contributed by atoms with Gasteiger partial charge in [-0.1, -0.05) is 19.9 Å². The van der Waals surface area contributed by atoms with E-state index in [1.165, 1.54) is 11.8 Å². The van der Waals surface area contributed by atoms with Gasteiger partial charge < -0.3 is 5.73 Å². The second-order valence-electron chi connectivity index (χ2n) is 4.20. The summed E-state index contributed by atoms with van der Waals surface area (Å²) in [4.78, 5) is 15.2. The molecule has 0 fully saturated rings. The SMILES string of the molecule is CC(C)c1ccc2ncc(C(N)=O)cc2c1. The number of carbonyl (C=O) groups is 1. The lowest BCUT2D eigenvalue weighted by atomic mass is 10.0. The Labute approximate surface area is 94.3 Å². The summed E-state index contributed by atoms with van der Waals surface area (Å²) in [6.07, 6.45) is 1.51. The van der Waals surface area contributed by atoms with Crippen LogP contribution in [0.1, 0.15) is 35.7 Å². The molecule has 0 unspecified atom stereocenters. The van der Waals surface area contributed by atoms with Crippen molar-refractivity contribution >= 4 is 16.8 Å². The Morgan fingerprint density at radius 2 is 2.06 bits per heavy atom. The van der Waals surface area contributed by atoms with Crippen molar-refractivity contribution in [2.24, 2.45) is 5.73 Å². The van der Waals surface area contributed by atoms with Crippen LogP contribution in [0.5, 0.6) is 0 Å². The number of nitrogens with two attached hydrogens (primary N) is 1. The number of pyridine rings is 1. The van der Waals surface area contributed by atoms with Crippen molar-refractivity contribution in [1.82, 2.24) is 4.98 Å². The Morgan fingerprint density at radius 3 is 2.69 bits per heavy atom. The van der Waals surface area contributed by atoms with E-state index in [0.29, 0.717) is 11.5 Å². The van der Waals surface area contributed by atoms with E-state index >= 15 is 0 Å². The minimum Gasteiger partial charge on any atom is -0.366 e. The molecule has 3 nitrogen and oxygen atoms in total. The van der Waals surface area contributed by atoms with Gasteiger partial charge in [-0.2, -0.15) is 0 Å². The molecule has 1 aromatic heterocycles. The highest BCUT2D eigenvalue weighted by Gasteiger charge is 2.05. The third-order valence-electron chi connectivity index (χ3n) is 2.66. The summed E-state index contributed by atoms with van der Waals surface area (Å²) in [7, 11) is 0. The fourth-order valence-electron chi connectivity index (χ4n) is 1.64. The molecule has 0 spiro atoms. The van der Waals surface area contributed by atoms with Gasteiger partial charge >= 0.3 is 0 Å². The fourth-order valence-corrected chi connectivity index (χ4v) is 1.64. The molecule has 2 aromatic rings. The van der Waals surface area contributed by atoms with Gasteiger partial charge in [-0.15, -0.1) is 0 Å². The molecule has 0 atom stereocenters. The molecule has 1 aromatic carbocycles. The second kappa shape index (κ2) is 3.93. The van der Waals surface area contributed by atoms with Crippen LogP contribution in [-0.4, -0.2) is 10.9 Å². The molecule has 0 radical (unpaired) electrons. The number of benzene rings is 1. The highest BCUT2D eigenvalue weighted by molar-refractivity contribution is 5.96. The number of nitrogens with zero attached hydrogens (tertiary/aromatic N) is 1. The molecule has 3 heteroatoms. The quantitative estimate of drug-likeness (QED) is 0.834. The predicted octanol–water partition coefficient (Wildman–Crippen LogP) is 2.46. The summed E-state index contributed by atoms with van der Waals surface area (Å²) in [6.45, 7) is 4.26. The number of aromatic nitrogens is 1. The van der Waals surface area contributed by atoms with Gasteiger partial charge in [-0.25, -0.2) is 0 Å². The molecule has 0 aliphatic rings. The van der Waals surface area contributed by atoms with Gasteiger partial charge in [0.1, 0.15) is 0 Å². The number of carbonyl (C=O) groups excluding carboxylic acids is 1. The Bertz CT molecular complexity index is 547. The second-order valence-corrected chi connectivity index (χ2v) is 4.20. The van der Waals surface area contributed by atoms with Crippen LogP contribution in [0.4, 0.5) is 0 Å². The van der Waals surface area contributed by atoms with Crippen LogP contribution < -0.4 is 5.73 Å². The lowest BCUT2D eigenvalue weighted by molar-refractivity contribution is 0.1000. The molecule has 0 saturated heterocycles. The van der Waals surface area contributed by atoms with Crippen molar-refractivity contribution in [3.05, 3.63) is 41.6 Å². The first-order chi connectivity index (χ1) is 7.58. The van der Waals surface area contributed by atoms with Crippen LogP contribution in [0.15, 0.2) is 30.5 Å². The number of fused-ring (bicyclic) bond motifs is 1. The zero-order valence-electron chi connectivity index (χ0n) is 9.40. The summed E-state index contributed by atoms with van der Waals surface area (Å²) in [5, 5.41) is 0.961. The average Bonchev–Trinajstić information content (AvgIpc) is 2.27. The van der Waals surface area contributed by atoms with Crippen LogP contribution in [0.3, 0.4) is 0 Å². The zero-order chi connectivity index (χ0) is 11.7. The molecular weight excluding hydrogens is 200 g/mol. The number of rotatable bonds is 2. The van der Waals surface area contributed by atoms with Gasteiger partial charge in [-0.3, -0.25) is 9.78 Å². The van der Waals surface area contributed by atoms with Gasteiger partial charge in [0.2, 0.25) is 5.91 Å². The van der Waals surface area contributed by atoms with Crippen LogP contribution >= 0.6 is 0 Å². The largest absolute Gasteiger partial charge is 0.366 e. The Hall–Kier alpha value is -1.90. The van der Waals surface area contributed by atoms with Crippen molar-refractivity contribution in [2.75, 3.05) is 0 Å². The summed E-state index contributed by atoms with van der Waals surface area (Å²) in [5.74, 6) is 0.0194. The summed E-state index contributed by atoms with van der Waals surface area (Å²) < 4.78 is 0. The summed E-state index contributed by atoms with van der Waals surface area (Å²) in [5.41, 5.74) is 7.79. The molecule has 1 heterocycles. The van der Waals surface area contributed by atoms with Gasteiger partial charge in [0.25, 0.3) is 0 Å². The molecule has 82 valence electrons. The van der Waals surface area contributed by atoms with E-state index in [2.05, 4.69) is 31.0 Å². The van der Waals surface area contributed by atoms with Crippen molar-refractivity contribution in [3.63, 3.8) is 0 Å². The molecule has 0 bridgehead atoms. The lowest BCUT2D eigenvalue weighted by Gasteiger charge is -2.06. The first-order valence-corrected chi connectivity index (χ1v) is 5.27. The van der Waals surface area contributed by atoms with E-state index in [0.717, 1.165) is 10.9 Å². The first-order valence-electron chi connectivity index (χ1n) is 5.27. The highest BCUT2D eigenvalue weighted by atomic mass is 16.1. The summed E-state index contributed by atoms with van der Waals surface area (Å²) in [6, 6.07) is 7.87. The topological polar surface area (TPSA) is 56.0 Å². The van der Waals surface area contributed by atoms with E-state index in [1.54, 1.807) is 6.07 Å². The average molecular weight is 214 g/mol. The maximum Gasteiger partial charge on any atom is 0.250 e. The smallest absolute Gasteiger partial charge is 0.250 e. The monoisotopic (exact) mass is 214 g/mol. The summed E-state index contributed by atoms with van der Waals surface area (Å²) >= 11 is 0. The number of hydrogen-bond donors (Lipinski definition) is 1. The third kappa shape index (κ3) is 1.89. The Morgan fingerprint density at radius 1 is 1.31 bits per heavy atom. The van der Waals surface area contributed by atoms with Crippen LogP contribution in [0, 0.1) is 0 Å². The maximum atomic E-state index is 11.0. The Kier molecular flexibility index (Phi) is 2.60. The van der Waals surface area contributed by atoms with Gasteiger partial charge in [0.05, 0.1) is 11.1 Å². The molecule has 2 rings (SSSR count). The van der Waals surface area contributed by atoms with Crippen molar-refractivity contribution in [1.29, 1.82) is 0 Å². The minimum absolute atomic E-state index is 0.440. The zero-order valence-corrected chi connectivity index (χ0v) is 9.40. The minimum atomic E-state index is -0.440. The predicted molar refractivity (Wildman–Crippen MR) is 64.3 cm³/mol. The van der Waals surface area contributed by atoms with Crippen LogP contribution in [-0.2, 0) is 0 Å². The number of hydrogen-bond acceptors (Lipinski definition) is 2. The molecule has 0 aliphatic heterocycles. The highest BCUT2D eigenvalue weighted by Crippen LogP contribution is 2.20. The fraction of sp³-hybridized carbons (Fsp3) is 0.231. The normalized spacial score (nSPS) is 10.9. The maximum absolute atomic E-state index is 11.0.